The van der Waals surface area contributed by atoms with Crippen LogP contribution in [0.25, 0.3) is 16.6 Å². The fourth-order valence-corrected chi connectivity index (χ4v) is 4.28. The van der Waals surface area contributed by atoms with E-state index in [4.69, 9.17) is 4.74 Å². The van der Waals surface area contributed by atoms with Crippen LogP contribution >= 0.6 is 0 Å². The molecular weight excluding hydrogens is 419 g/mol. The van der Waals surface area contributed by atoms with E-state index in [1.807, 2.05) is 56.5 Å². The van der Waals surface area contributed by atoms with Crippen LogP contribution in [0.5, 0.6) is 0 Å². The van der Waals surface area contributed by atoms with Crippen LogP contribution in [-0.2, 0) is 11.2 Å². The first-order chi connectivity index (χ1) is 15.8. The summed E-state index contributed by atoms with van der Waals surface area (Å²) in [6.07, 6.45) is 0.686. The Labute approximate surface area is 191 Å². The Kier molecular flexibility index (Phi) is 6.09. The van der Waals surface area contributed by atoms with E-state index in [0.29, 0.717) is 28.6 Å². The van der Waals surface area contributed by atoms with Crippen molar-refractivity contribution in [3.05, 3.63) is 94.2 Å². The van der Waals surface area contributed by atoms with Crippen molar-refractivity contribution >= 4 is 22.7 Å². The summed E-state index contributed by atoms with van der Waals surface area (Å²) < 4.78 is 20.7. The highest BCUT2D eigenvalue weighted by molar-refractivity contribution is 6.06. The van der Waals surface area contributed by atoms with Crippen molar-refractivity contribution in [1.82, 2.24) is 9.55 Å². The molecule has 4 rings (SSSR count). The van der Waals surface area contributed by atoms with Gasteiger partial charge in [-0.25, -0.2) is 9.18 Å². The highest BCUT2D eigenvalue weighted by atomic mass is 19.1. The molecule has 33 heavy (non-hydrogen) atoms. The van der Waals surface area contributed by atoms with E-state index in [1.54, 1.807) is 18.2 Å². The van der Waals surface area contributed by atoms with Crippen molar-refractivity contribution in [1.29, 1.82) is 0 Å². The number of nitrogens with zero attached hydrogens (tertiary/aromatic N) is 2. The van der Waals surface area contributed by atoms with Gasteiger partial charge in [0, 0.05) is 33.7 Å². The molecule has 0 unspecified atom stereocenters. The topological polar surface area (TPSA) is 61.2 Å². The average Bonchev–Trinajstić information content (AvgIpc) is 3.11. The average molecular weight is 445 g/mol. The summed E-state index contributed by atoms with van der Waals surface area (Å²) in [6.45, 7) is 7.16. The lowest BCUT2D eigenvalue weighted by atomic mass is 10.0. The molecule has 0 aliphatic rings. The number of Topliss-reactive ketones (excluding diaryl/α,β-unsaturated/α-hetero) is 1. The van der Waals surface area contributed by atoms with Crippen LogP contribution in [0.4, 0.5) is 4.39 Å². The van der Waals surface area contributed by atoms with Crippen molar-refractivity contribution in [3.8, 4) is 5.69 Å². The lowest BCUT2D eigenvalue weighted by Gasteiger charge is -2.13. The van der Waals surface area contributed by atoms with Crippen molar-refractivity contribution < 1.29 is 18.7 Å². The normalized spacial score (nSPS) is 11.1. The van der Waals surface area contributed by atoms with Crippen LogP contribution in [0.3, 0.4) is 0 Å². The number of pyridine rings is 1. The van der Waals surface area contributed by atoms with Gasteiger partial charge in [0.2, 0.25) is 5.78 Å². The molecule has 0 aliphatic carbocycles. The first kappa shape index (κ1) is 22.4. The highest BCUT2D eigenvalue weighted by Gasteiger charge is 2.22. The minimum absolute atomic E-state index is 0.295. The lowest BCUT2D eigenvalue weighted by Crippen LogP contribution is -2.17. The maximum absolute atomic E-state index is 13.3. The predicted octanol–water partition coefficient (Wildman–Crippen LogP) is 5.69. The first-order valence-corrected chi connectivity index (χ1v) is 10.8. The van der Waals surface area contributed by atoms with Gasteiger partial charge in [-0.15, -0.1) is 0 Å². The van der Waals surface area contributed by atoms with Gasteiger partial charge in [-0.05, 0) is 69.2 Å². The van der Waals surface area contributed by atoms with E-state index in [2.05, 4.69) is 4.98 Å². The molecule has 0 N–H and O–H groups in total. The van der Waals surface area contributed by atoms with Gasteiger partial charge in [-0.3, -0.25) is 9.78 Å². The summed E-state index contributed by atoms with van der Waals surface area (Å²) >= 11 is 0. The highest BCUT2D eigenvalue weighted by Crippen LogP contribution is 2.25. The number of ketones is 1. The van der Waals surface area contributed by atoms with E-state index in [0.717, 1.165) is 28.2 Å². The number of fused-ring (bicyclic) bond motifs is 1. The molecule has 2 heterocycles. The number of aromatic nitrogens is 2. The molecule has 0 atom stereocenters. The summed E-state index contributed by atoms with van der Waals surface area (Å²) in [5.41, 5.74) is 5.53. The Morgan fingerprint density at radius 2 is 1.73 bits per heavy atom. The van der Waals surface area contributed by atoms with Crippen LogP contribution in [0.15, 0.2) is 54.6 Å². The maximum Gasteiger partial charge on any atom is 0.339 e. The standard InChI is InChI=1S/C27H25FN2O3/c1-5-23-17(3)26(21-8-6-7-9-24(21)29-23)27(32)33-15-25(31)22-14-16(2)30(18(22)4)20-12-10-19(28)11-13-20/h6-14H,5,15H2,1-4H3. The van der Waals surface area contributed by atoms with Crippen LogP contribution in [0.1, 0.15) is 50.3 Å². The van der Waals surface area contributed by atoms with Gasteiger partial charge in [0.1, 0.15) is 5.82 Å². The molecule has 0 aliphatic heterocycles. The molecule has 0 amide bonds. The molecule has 0 spiro atoms. The summed E-state index contributed by atoms with van der Waals surface area (Å²) in [7, 11) is 0. The molecule has 168 valence electrons. The summed E-state index contributed by atoms with van der Waals surface area (Å²) in [4.78, 5) is 30.6. The van der Waals surface area contributed by atoms with Crippen molar-refractivity contribution in [2.45, 2.75) is 34.1 Å². The van der Waals surface area contributed by atoms with Crippen molar-refractivity contribution in [2.24, 2.45) is 0 Å². The third-order valence-electron chi connectivity index (χ3n) is 5.93. The van der Waals surface area contributed by atoms with Gasteiger partial charge in [-0.2, -0.15) is 0 Å². The minimum atomic E-state index is -0.540. The fraction of sp³-hybridized carbons (Fsp3) is 0.222. The summed E-state index contributed by atoms with van der Waals surface area (Å²) in [5.74, 6) is -1.16. The fourth-order valence-electron chi connectivity index (χ4n) is 4.28. The van der Waals surface area contributed by atoms with Crippen molar-refractivity contribution in [2.75, 3.05) is 6.61 Å². The smallest absolute Gasteiger partial charge is 0.339 e. The summed E-state index contributed by atoms with van der Waals surface area (Å²) in [5, 5.41) is 0.708. The summed E-state index contributed by atoms with van der Waals surface area (Å²) in [6, 6.07) is 15.3. The molecule has 5 nitrogen and oxygen atoms in total. The molecule has 0 radical (unpaired) electrons. The van der Waals surface area contributed by atoms with Crippen LogP contribution in [-0.4, -0.2) is 27.9 Å². The van der Waals surface area contributed by atoms with Gasteiger partial charge < -0.3 is 9.30 Å². The lowest BCUT2D eigenvalue weighted by molar-refractivity contribution is 0.0475. The third-order valence-corrected chi connectivity index (χ3v) is 5.93. The van der Waals surface area contributed by atoms with Gasteiger partial charge in [0.15, 0.2) is 6.61 Å². The number of esters is 1. The number of aryl methyl sites for hydroxylation is 2. The number of carbonyl (C=O) groups is 2. The monoisotopic (exact) mass is 444 g/mol. The quantitative estimate of drug-likeness (QED) is 0.283. The molecule has 2 aromatic carbocycles. The van der Waals surface area contributed by atoms with E-state index in [1.165, 1.54) is 12.1 Å². The zero-order chi connectivity index (χ0) is 23.7. The Balaban J connectivity index is 1.59. The Bertz CT molecular complexity index is 1370. The second kappa shape index (κ2) is 8.98. The van der Waals surface area contributed by atoms with Gasteiger partial charge in [0.25, 0.3) is 0 Å². The molecular formula is C27H25FN2O3. The predicted molar refractivity (Wildman–Crippen MR) is 126 cm³/mol. The van der Waals surface area contributed by atoms with Gasteiger partial charge in [0.05, 0.1) is 11.1 Å². The van der Waals surface area contributed by atoms with E-state index in [9.17, 15) is 14.0 Å². The maximum atomic E-state index is 13.3. The second-order valence-electron chi connectivity index (χ2n) is 8.03. The Morgan fingerprint density at radius 1 is 1.03 bits per heavy atom. The van der Waals surface area contributed by atoms with Gasteiger partial charge >= 0.3 is 5.97 Å². The number of hydrogen-bond donors (Lipinski definition) is 0. The third kappa shape index (κ3) is 4.16. The number of rotatable bonds is 6. The largest absolute Gasteiger partial charge is 0.454 e. The molecule has 0 saturated carbocycles. The van der Waals surface area contributed by atoms with Crippen LogP contribution in [0, 0.1) is 26.6 Å². The molecule has 6 heteroatoms. The molecule has 0 fully saturated rings. The zero-order valence-electron chi connectivity index (χ0n) is 19.1. The van der Waals surface area contributed by atoms with E-state index in [-0.39, 0.29) is 18.2 Å². The number of ether oxygens (including phenoxy) is 1. The molecule has 4 aromatic rings. The minimum Gasteiger partial charge on any atom is -0.454 e. The molecule has 2 aromatic heterocycles. The Hall–Kier alpha value is -3.80. The van der Waals surface area contributed by atoms with Crippen LogP contribution < -0.4 is 0 Å². The molecule has 0 saturated heterocycles. The van der Waals surface area contributed by atoms with Crippen molar-refractivity contribution in [3.63, 3.8) is 0 Å². The van der Waals surface area contributed by atoms with E-state index >= 15 is 0 Å². The number of carbonyl (C=O) groups excluding carboxylic acids is 2. The molecule has 0 bridgehead atoms. The Morgan fingerprint density at radius 3 is 2.42 bits per heavy atom. The second-order valence-corrected chi connectivity index (χ2v) is 8.03. The number of hydrogen-bond acceptors (Lipinski definition) is 4. The zero-order valence-corrected chi connectivity index (χ0v) is 19.1. The number of halogens is 1. The van der Waals surface area contributed by atoms with E-state index < -0.39 is 5.97 Å². The first-order valence-electron chi connectivity index (χ1n) is 10.8. The SMILES string of the molecule is CCc1nc2ccccc2c(C(=O)OCC(=O)c2cc(C)n(-c3ccc(F)cc3)c2C)c1C. The number of para-hydroxylation sites is 1. The number of benzene rings is 2. The van der Waals surface area contributed by atoms with Crippen LogP contribution in [0.2, 0.25) is 0 Å². The van der Waals surface area contributed by atoms with Gasteiger partial charge in [-0.1, -0.05) is 25.1 Å².